The van der Waals surface area contributed by atoms with Crippen LogP contribution >= 0.6 is 11.8 Å². The number of fused-ring (bicyclic) bond motifs is 1. The van der Waals surface area contributed by atoms with Crippen molar-refractivity contribution in [3.63, 3.8) is 0 Å². The first kappa shape index (κ1) is 15.2. The quantitative estimate of drug-likeness (QED) is 0.678. The van der Waals surface area contributed by atoms with Crippen LogP contribution < -0.4 is 4.74 Å². The summed E-state index contributed by atoms with van der Waals surface area (Å²) in [6.07, 6.45) is 2.25. The minimum Gasteiger partial charge on any atom is -0.429 e. The first-order valence-corrected chi connectivity index (χ1v) is 8.49. The molecule has 6 heteroatoms. The van der Waals surface area contributed by atoms with Gasteiger partial charge in [0.1, 0.15) is 11.9 Å². The summed E-state index contributed by atoms with van der Waals surface area (Å²) in [6.45, 7) is 0.936. The zero-order valence-electron chi connectivity index (χ0n) is 12.8. The van der Waals surface area contributed by atoms with E-state index in [0.717, 1.165) is 40.9 Å². The highest BCUT2D eigenvalue weighted by atomic mass is 32.2. The number of aromatic nitrogens is 1. The van der Waals surface area contributed by atoms with E-state index in [1.807, 2.05) is 38.5 Å². The van der Waals surface area contributed by atoms with Gasteiger partial charge in [-0.25, -0.2) is 4.79 Å². The molecule has 0 aliphatic carbocycles. The molecule has 1 aliphatic heterocycles. The van der Waals surface area contributed by atoms with E-state index < -0.39 is 6.16 Å². The molecule has 1 aliphatic rings. The maximum Gasteiger partial charge on any atom is 0.514 e. The number of hydrogen-bond donors (Lipinski definition) is 1. The highest BCUT2D eigenvalue weighted by Gasteiger charge is 2.24. The van der Waals surface area contributed by atoms with Gasteiger partial charge in [0.25, 0.3) is 0 Å². The summed E-state index contributed by atoms with van der Waals surface area (Å²) in [4.78, 5) is 17.3. The lowest BCUT2D eigenvalue weighted by atomic mass is 10.1. The molecule has 2 aromatic rings. The fraction of sp³-hybridized carbons (Fsp3) is 0.438. The summed E-state index contributed by atoms with van der Waals surface area (Å²) in [6, 6.07) is 5.66. The van der Waals surface area contributed by atoms with Gasteiger partial charge in [-0.05, 0) is 38.2 Å². The lowest BCUT2D eigenvalue weighted by Crippen LogP contribution is -2.31. The number of rotatable bonds is 5. The Morgan fingerprint density at radius 1 is 1.41 bits per heavy atom. The van der Waals surface area contributed by atoms with Crippen molar-refractivity contribution in [2.75, 3.05) is 32.1 Å². The van der Waals surface area contributed by atoms with E-state index in [4.69, 9.17) is 9.47 Å². The standard InChI is InChI=1S/C16H20N2O3S/c1-18(2)7-6-11-8-17-13-4-3-5-14(15(11)13)21-16(19)20-12-9-22-10-12/h3-5,8,12,17H,6-7,9-10H2,1-2H3. The molecule has 22 heavy (non-hydrogen) atoms. The third-order valence-corrected chi connectivity index (χ3v) is 4.86. The molecular weight excluding hydrogens is 300 g/mol. The van der Waals surface area contributed by atoms with Crippen molar-refractivity contribution < 1.29 is 14.3 Å². The minimum atomic E-state index is -0.613. The van der Waals surface area contributed by atoms with Crippen molar-refractivity contribution in [2.24, 2.45) is 0 Å². The average Bonchev–Trinajstić information content (AvgIpc) is 2.85. The van der Waals surface area contributed by atoms with Gasteiger partial charge >= 0.3 is 6.16 Å². The van der Waals surface area contributed by atoms with Gasteiger partial charge in [-0.3, -0.25) is 0 Å². The number of carbonyl (C=O) groups is 1. The van der Waals surface area contributed by atoms with Crippen molar-refractivity contribution in [2.45, 2.75) is 12.5 Å². The second-order valence-electron chi connectivity index (χ2n) is 5.68. The van der Waals surface area contributed by atoms with Gasteiger partial charge in [0.05, 0.1) is 0 Å². The number of nitrogens with zero attached hydrogens (tertiary/aromatic N) is 1. The summed E-state index contributed by atoms with van der Waals surface area (Å²) in [5, 5.41) is 0.962. The normalized spacial score (nSPS) is 15.0. The predicted molar refractivity (Wildman–Crippen MR) is 88.8 cm³/mol. The molecule has 1 N–H and O–H groups in total. The van der Waals surface area contributed by atoms with Crippen molar-refractivity contribution in [1.82, 2.24) is 9.88 Å². The second kappa shape index (κ2) is 6.62. The van der Waals surface area contributed by atoms with Crippen LogP contribution in [0.15, 0.2) is 24.4 Å². The van der Waals surface area contributed by atoms with Crippen molar-refractivity contribution >= 4 is 28.8 Å². The summed E-state index contributed by atoms with van der Waals surface area (Å²) in [7, 11) is 4.08. The van der Waals surface area contributed by atoms with Crippen LogP contribution in [0.5, 0.6) is 5.75 Å². The summed E-state index contributed by atoms with van der Waals surface area (Å²) < 4.78 is 10.7. The Labute approximate surface area is 134 Å². The zero-order valence-corrected chi connectivity index (χ0v) is 13.6. The molecule has 0 amide bonds. The van der Waals surface area contributed by atoms with Gasteiger partial charge in [0.2, 0.25) is 0 Å². The maximum atomic E-state index is 11.9. The molecule has 0 bridgehead atoms. The topological polar surface area (TPSA) is 54.6 Å². The monoisotopic (exact) mass is 320 g/mol. The van der Waals surface area contributed by atoms with E-state index >= 15 is 0 Å². The summed E-state index contributed by atoms with van der Waals surface area (Å²) >= 11 is 1.77. The van der Waals surface area contributed by atoms with Gasteiger partial charge < -0.3 is 19.4 Å². The third-order valence-electron chi connectivity index (χ3n) is 3.64. The number of aromatic amines is 1. The molecule has 3 rings (SSSR count). The first-order valence-electron chi connectivity index (χ1n) is 7.33. The Morgan fingerprint density at radius 3 is 2.91 bits per heavy atom. The molecule has 0 spiro atoms. The molecule has 0 saturated carbocycles. The largest absolute Gasteiger partial charge is 0.514 e. The summed E-state index contributed by atoms with van der Waals surface area (Å²) in [5.41, 5.74) is 2.12. The highest BCUT2D eigenvalue weighted by Crippen LogP contribution is 2.30. The average molecular weight is 320 g/mol. The molecule has 1 aromatic heterocycles. The van der Waals surface area contributed by atoms with Crippen LogP contribution in [0.25, 0.3) is 10.9 Å². The summed E-state index contributed by atoms with van der Waals surface area (Å²) in [5.74, 6) is 2.28. The zero-order chi connectivity index (χ0) is 15.5. The first-order chi connectivity index (χ1) is 10.6. The Bertz CT molecular complexity index is 664. The van der Waals surface area contributed by atoms with E-state index in [2.05, 4.69) is 9.88 Å². The number of carbonyl (C=O) groups excluding carboxylic acids is 1. The number of hydrogen-bond acceptors (Lipinski definition) is 5. The minimum absolute atomic E-state index is 0.00357. The van der Waals surface area contributed by atoms with Crippen LogP contribution in [0.3, 0.4) is 0 Å². The molecule has 0 unspecified atom stereocenters. The van der Waals surface area contributed by atoms with Crippen LogP contribution in [0.2, 0.25) is 0 Å². The maximum absolute atomic E-state index is 11.9. The van der Waals surface area contributed by atoms with E-state index in [-0.39, 0.29) is 6.10 Å². The Kier molecular flexibility index (Phi) is 4.59. The number of likely N-dealkylation sites (N-methyl/N-ethyl adjacent to an activating group) is 1. The lowest BCUT2D eigenvalue weighted by molar-refractivity contribution is 0.0727. The van der Waals surface area contributed by atoms with Gasteiger partial charge in [-0.1, -0.05) is 6.07 Å². The molecule has 0 atom stereocenters. The fourth-order valence-electron chi connectivity index (χ4n) is 2.38. The van der Waals surface area contributed by atoms with Crippen molar-refractivity contribution in [1.29, 1.82) is 0 Å². The van der Waals surface area contributed by atoms with Gasteiger partial charge in [0, 0.05) is 35.2 Å². The molecule has 1 saturated heterocycles. The Balaban J connectivity index is 1.78. The van der Waals surface area contributed by atoms with Gasteiger partial charge in [-0.2, -0.15) is 11.8 Å². The molecular formula is C16H20N2O3S. The van der Waals surface area contributed by atoms with Crippen LogP contribution in [0.1, 0.15) is 5.56 Å². The molecule has 5 nitrogen and oxygen atoms in total. The van der Waals surface area contributed by atoms with Crippen LogP contribution in [-0.2, 0) is 11.2 Å². The molecule has 118 valence electrons. The SMILES string of the molecule is CN(C)CCc1c[nH]c2cccc(OC(=O)OC3CSC3)c12. The van der Waals surface area contributed by atoms with Crippen molar-refractivity contribution in [3.8, 4) is 5.75 Å². The Morgan fingerprint density at radius 2 is 2.23 bits per heavy atom. The lowest BCUT2D eigenvalue weighted by Gasteiger charge is -2.24. The van der Waals surface area contributed by atoms with Crippen LogP contribution in [0, 0.1) is 0 Å². The smallest absolute Gasteiger partial charge is 0.429 e. The molecule has 1 aromatic carbocycles. The Hall–Kier alpha value is -1.66. The number of ether oxygens (including phenoxy) is 2. The van der Waals surface area contributed by atoms with E-state index in [1.165, 1.54) is 0 Å². The number of H-pyrrole nitrogens is 1. The van der Waals surface area contributed by atoms with Crippen LogP contribution in [-0.4, -0.2) is 54.3 Å². The highest BCUT2D eigenvalue weighted by molar-refractivity contribution is 8.00. The van der Waals surface area contributed by atoms with Gasteiger partial charge in [-0.15, -0.1) is 0 Å². The number of nitrogens with one attached hydrogen (secondary N) is 1. The van der Waals surface area contributed by atoms with Crippen LogP contribution in [0.4, 0.5) is 4.79 Å². The number of benzene rings is 1. The second-order valence-corrected chi connectivity index (χ2v) is 6.75. The van der Waals surface area contributed by atoms with Crippen molar-refractivity contribution in [3.05, 3.63) is 30.0 Å². The van der Waals surface area contributed by atoms with Gasteiger partial charge in [0.15, 0.2) is 0 Å². The molecule has 1 fully saturated rings. The van der Waals surface area contributed by atoms with E-state index in [0.29, 0.717) is 5.75 Å². The van der Waals surface area contributed by atoms with E-state index in [9.17, 15) is 4.79 Å². The molecule has 2 heterocycles. The molecule has 0 radical (unpaired) electrons. The number of thioether (sulfide) groups is 1. The van der Waals surface area contributed by atoms with E-state index in [1.54, 1.807) is 11.8 Å². The third kappa shape index (κ3) is 3.39. The predicted octanol–water partition coefficient (Wildman–Crippen LogP) is 2.90. The fourth-order valence-corrected chi connectivity index (χ4v) is 2.94.